The van der Waals surface area contributed by atoms with Gasteiger partial charge in [-0.05, 0) is 29.1 Å². The number of carbonyl (C=O) groups is 1. The van der Waals surface area contributed by atoms with Crippen molar-refractivity contribution in [2.75, 3.05) is 11.0 Å². The topological polar surface area (TPSA) is 93.1 Å². The summed E-state index contributed by atoms with van der Waals surface area (Å²) in [6, 6.07) is 11.0. The van der Waals surface area contributed by atoms with Crippen LogP contribution in [0.25, 0.3) is 5.69 Å². The zero-order chi connectivity index (χ0) is 17.9. The van der Waals surface area contributed by atoms with E-state index in [1.165, 1.54) is 11.3 Å². The second kappa shape index (κ2) is 7.08. The van der Waals surface area contributed by atoms with E-state index in [9.17, 15) is 13.2 Å². The first-order valence-electron chi connectivity index (χ1n) is 7.35. The van der Waals surface area contributed by atoms with Crippen molar-refractivity contribution in [3.63, 3.8) is 0 Å². The van der Waals surface area contributed by atoms with Gasteiger partial charge in [-0.2, -0.15) is 5.10 Å². The van der Waals surface area contributed by atoms with E-state index in [-0.39, 0.29) is 11.6 Å². The minimum Gasteiger partial charge on any atom is -0.347 e. The van der Waals surface area contributed by atoms with Crippen LogP contribution >= 0.6 is 11.3 Å². The Labute approximate surface area is 149 Å². The van der Waals surface area contributed by atoms with Crippen molar-refractivity contribution in [1.29, 1.82) is 0 Å². The van der Waals surface area contributed by atoms with E-state index in [4.69, 9.17) is 0 Å². The highest BCUT2D eigenvalue weighted by Crippen LogP contribution is 2.23. The van der Waals surface area contributed by atoms with E-state index in [1.54, 1.807) is 22.3 Å². The zero-order valence-electron chi connectivity index (χ0n) is 13.3. The number of anilines is 1. The molecule has 1 aromatic carbocycles. The third-order valence-electron chi connectivity index (χ3n) is 3.35. The Morgan fingerprint density at radius 1 is 1.24 bits per heavy atom. The lowest BCUT2D eigenvalue weighted by atomic mass is 10.1. The lowest BCUT2D eigenvalue weighted by Gasteiger charge is -2.11. The number of benzene rings is 1. The predicted octanol–water partition coefficient (Wildman–Crippen LogP) is 2.24. The monoisotopic (exact) mass is 376 g/mol. The first kappa shape index (κ1) is 17.2. The first-order valence-corrected chi connectivity index (χ1v) is 10.1. The molecule has 2 N–H and O–H groups in total. The van der Waals surface area contributed by atoms with Crippen molar-refractivity contribution in [2.24, 2.45) is 0 Å². The molecular formula is C16H16N4O3S2. The van der Waals surface area contributed by atoms with Gasteiger partial charge in [-0.1, -0.05) is 18.2 Å². The lowest BCUT2D eigenvalue weighted by molar-refractivity contribution is 0.0956. The van der Waals surface area contributed by atoms with E-state index in [0.29, 0.717) is 11.4 Å². The Morgan fingerprint density at radius 2 is 2.04 bits per heavy atom. The quantitative estimate of drug-likeness (QED) is 0.690. The molecule has 3 rings (SSSR count). The molecule has 7 nitrogen and oxygen atoms in total. The van der Waals surface area contributed by atoms with Crippen LogP contribution in [0.1, 0.15) is 15.2 Å². The number of sulfonamides is 1. The van der Waals surface area contributed by atoms with Crippen LogP contribution in [0.5, 0.6) is 0 Å². The lowest BCUT2D eigenvalue weighted by Crippen LogP contribution is -2.24. The van der Waals surface area contributed by atoms with Crippen molar-refractivity contribution < 1.29 is 13.2 Å². The summed E-state index contributed by atoms with van der Waals surface area (Å²) >= 11 is 1.18. The summed E-state index contributed by atoms with van der Waals surface area (Å²) in [5.74, 6) is -0.337. The molecule has 0 fully saturated rings. The summed E-state index contributed by atoms with van der Waals surface area (Å²) in [6.45, 7) is 0.297. The summed E-state index contributed by atoms with van der Waals surface area (Å²) < 4.78 is 26.8. The smallest absolute Gasteiger partial charge is 0.263 e. The van der Waals surface area contributed by atoms with Crippen LogP contribution in [0, 0.1) is 0 Å². The van der Waals surface area contributed by atoms with Crippen LogP contribution in [0.4, 0.5) is 5.69 Å². The van der Waals surface area contributed by atoms with E-state index in [0.717, 1.165) is 17.5 Å². The van der Waals surface area contributed by atoms with Gasteiger partial charge in [0, 0.05) is 18.9 Å². The number of hydrogen-bond donors (Lipinski definition) is 2. The molecule has 0 saturated heterocycles. The second-order valence-electron chi connectivity index (χ2n) is 5.30. The second-order valence-corrected chi connectivity index (χ2v) is 7.96. The average molecular weight is 376 g/mol. The van der Waals surface area contributed by atoms with Crippen molar-refractivity contribution in [1.82, 2.24) is 15.1 Å². The van der Waals surface area contributed by atoms with Crippen molar-refractivity contribution in [3.8, 4) is 5.69 Å². The minimum atomic E-state index is -3.44. The van der Waals surface area contributed by atoms with Gasteiger partial charge in [-0.3, -0.25) is 9.52 Å². The molecule has 2 aromatic heterocycles. The van der Waals surface area contributed by atoms with Gasteiger partial charge in [0.05, 0.1) is 17.6 Å². The number of nitrogens with zero attached hydrogens (tertiary/aromatic N) is 2. The van der Waals surface area contributed by atoms with E-state index in [1.807, 2.05) is 36.5 Å². The van der Waals surface area contributed by atoms with Gasteiger partial charge in [0.2, 0.25) is 10.0 Å². The van der Waals surface area contributed by atoms with Crippen LogP contribution < -0.4 is 10.0 Å². The molecular weight excluding hydrogens is 360 g/mol. The van der Waals surface area contributed by atoms with Gasteiger partial charge >= 0.3 is 0 Å². The number of nitrogens with one attached hydrogen (secondary N) is 2. The number of hydrogen-bond acceptors (Lipinski definition) is 5. The Bertz CT molecular complexity index is 978. The number of amides is 1. The largest absolute Gasteiger partial charge is 0.347 e. The summed E-state index contributed by atoms with van der Waals surface area (Å²) in [7, 11) is -3.44. The molecule has 0 aliphatic carbocycles. The Hall–Kier alpha value is -2.65. The first-order chi connectivity index (χ1) is 11.9. The van der Waals surface area contributed by atoms with Gasteiger partial charge in [0.15, 0.2) is 0 Å². The fourth-order valence-electron chi connectivity index (χ4n) is 2.32. The highest BCUT2D eigenvalue weighted by atomic mass is 32.2. The molecule has 2 heterocycles. The van der Waals surface area contributed by atoms with Crippen molar-refractivity contribution in [3.05, 3.63) is 64.6 Å². The third kappa shape index (κ3) is 4.25. The molecule has 0 atom stereocenters. The molecule has 1 amide bonds. The fourth-order valence-corrected chi connectivity index (χ4v) is 3.72. The highest BCUT2D eigenvalue weighted by molar-refractivity contribution is 7.92. The molecule has 0 spiro atoms. The van der Waals surface area contributed by atoms with Crippen LogP contribution in [-0.4, -0.2) is 30.4 Å². The SMILES string of the molecule is CS(=O)(=O)Nc1ccsc1C(=O)NCc1ccccc1-n1cccn1. The Balaban J connectivity index is 1.75. The molecule has 3 aromatic rings. The number of para-hydroxylation sites is 1. The van der Waals surface area contributed by atoms with Crippen LogP contribution in [0.15, 0.2) is 54.2 Å². The molecule has 0 aliphatic heterocycles. The maximum absolute atomic E-state index is 12.4. The van der Waals surface area contributed by atoms with E-state index < -0.39 is 10.0 Å². The van der Waals surface area contributed by atoms with E-state index >= 15 is 0 Å². The molecule has 0 unspecified atom stereocenters. The summed E-state index contributed by atoms with van der Waals surface area (Å²) in [5.41, 5.74) is 2.05. The van der Waals surface area contributed by atoms with Crippen LogP contribution in [-0.2, 0) is 16.6 Å². The van der Waals surface area contributed by atoms with Gasteiger partial charge in [-0.15, -0.1) is 11.3 Å². The van der Waals surface area contributed by atoms with E-state index in [2.05, 4.69) is 15.1 Å². The molecule has 130 valence electrons. The molecule has 0 saturated carbocycles. The Morgan fingerprint density at radius 3 is 2.76 bits per heavy atom. The van der Waals surface area contributed by atoms with Crippen LogP contribution in [0.3, 0.4) is 0 Å². The number of aromatic nitrogens is 2. The standard InChI is InChI=1S/C16H16N4O3S2/c1-25(22,23)19-13-7-10-24-15(13)16(21)17-11-12-5-2-3-6-14(12)20-9-4-8-18-20/h2-10,19H,11H2,1H3,(H,17,21). The number of rotatable bonds is 6. The third-order valence-corrected chi connectivity index (χ3v) is 4.85. The van der Waals surface area contributed by atoms with Gasteiger partial charge in [-0.25, -0.2) is 13.1 Å². The molecule has 9 heteroatoms. The Kier molecular flexibility index (Phi) is 4.86. The highest BCUT2D eigenvalue weighted by Gasteiger charge is 2.16. The maximum atomic E-state index is 12.4. The average Bonchev–Trinajstić information content (AvgIpc) is 3.23. The number of carbonyl (C=O) groups excluding carboxylic acids is 1. The molecule has 25 heavy (non-hydrogen) atoms. The van der Waals surface area contributed by atoms with Gasteiger partial charge in [0.25, 0.3) is 5.91 Å². The summed E-state index contributed by atoms with van der Waals surface area (Å²) in [6.07, 6.45) is 4.56. The number of thiophene rings is 1. The summed E-state index contributed by atoms with van der Waals surface area (Å²) in [5, 5.41) is 8.70. The fraction of sp³-hybridized carbons (Fsp3) is 0.125. The maximum Gasteiger partial charge on any atom is 0.263 e. The zero-order valence-corrected chi connectivity index (χ0v) is 15.0. The molecule has 0 radical (unpaired) electrons. The molecule has 0 bridgehead atoms. The van der Waals surface area contributed by atoms with Crippen molar-refractivity contribution >= 4 is 33.0 Å². The van der Waals surface area contributed by atoms with Crippen LogP contribution in [0.2, 0.25) is 0 Å². The molecule has 0 aliphatic rings. The predicted molar refractivity (Wildman–Crippen MR) is 97.5 cm³/mol. The summed E-state index contributed by atoms with van der Waals surface area (Å²) in [4.78, 5) is 12.7. The minimum absolute atomic E-state index is 0.283. The van der Waals surface area contributed by atoms with Gasteiger partial charge < -0.3 is 5.32 Å². The normalized spacial score (nSPS) is 11.2. The van der Waals surface area contributed by atoms with Crippen molar-refractivity contribution in [2.45, 2.75) is 6.54 Å². The van der Waals surface area contributed by atoms with Gasteiger partial charge in [0.1, 0.15) is 4.88 Å².